The zero-order valence-corrected chi connectivity index (χ0v) is 19.5. The molecule has 8 nitrogen and oxygen atoms in total. The average Bonchev–Trinajstić information content (AvgIpc) is 3.49. The molecule has 1 atom stereocenters. The van der Waals surface area contributed by atoms with Gasteiger partial charge in [-0.15, -0.1) is 11.3 Å². The van der Waals surface area contributed by atoms with Crippen molar-refractivity contribution in [3.8, 4) is 0 Å². The normalized spacial score (nSPS) is 17.8. The van der Waals surface area contributed by atoms with Crippen LogP contribution in [0.3, 0.4) is 0 Å². The fourth-order valence-electron chi connectivity index (χ4n) is 3.59. The van der Waals surface area contributed by atoms with Crippen LogP contribution >= 0.6 is 22.7 Å². The molecule has 1 fully saturated rings. The number of hydrogen-bond donors (Lipinski definition) is 0. The molecule has 1 saturated heterocycles. The lowest BCUT2D eigenvalue weighted by Gasteiger charge is -2.20. The van der Waals surface area contributed by atoms with Gasteiger partial charge in [-0.3, -0.25) is 9.59 Å². The number of carbonyl (C=O) groups excluding carboxylic acids is 2. The van der Waals surface area contributed by atoms with E-state index in [0.717, 1.165) is 22.7 Å². The van der Waals surface area contributed by atoms with Crippen molar-refractivity contribution >= 4 is 54.8 Å². The highest BCUT2D eigenvalue weighted by atomic mass is 32.2. The number of rotatable bonds is 6. The smallest absolute Gasteiger partial charge is 0.326 e. The molecule has 32 heavy (non-hydrogen) atoms. The monoisotopic (exact) mass is 497 g/mol. The minimum absolute atomic E-state index is 0.173. The first kappa shape index (κ1) is 22.8. The molecule has 170 valence electrons. The van der Waals surface area contributed by atoms with Gasteiger partial charge in [0.1, 0.15) is 22.6 Å². The summed E-state index contributed by atoms with van der Waals surface area (Å²) in [7, 11) is -3.80. The molecule has 1 aliphatic rings. The number of sulfonamides is 1. The molecule has 0 aliphatic carbocycles. The number of nitrogens with zero attached hydrogens (tertiary/aromatic N) is 3. The molecule has 1 unspecified atom stereocenters. The number of amides is 1. The number of fused-ring (bicyclic) bond motifs is 1. The van der Waals surface area contributed by atoms with Gasteiger partial charge in [0.15, 0.2) is 4.80 Å². The molecule has 0 spiro atoms. The zero-order valence-electron chi connectivity index (χ0n) is 17.1. The SMILES string of the molecule is CCOC(=O)Cn1c(=NC(=O)C2CCCN2S(=O)(=O)c2cccs2)sc2cc(F)ccc21. The van der Waals surface area contributed by atoms with E-state index in [1.54, 1.807) is 18.4 Å². The van der Waals surface area contributed by atoms with Crippen molar-refractivity contribution in [1.29, 1.82) is 0 Å². The second-order valence-corrected chi connectivity index (χ2v) is 11.1. The fraction of sp³-hybridized carbons (Fsp3) is 0.350. The van der Waals surface area contributed by atoms with Crippen molar-refractivity contribution < 1.29 is 27.1 Å². The summed E-state index contributed by atoms with van der Waals surface area (Å²) in [6, 6.07) is 6.28. The number of aromatic nitrogens is 1. The van der Waals surface area contributed by atoms with Crippen molar-refractivity contribution in [2.75, 3.05) is 13.2 Å². The lowest BCUT2D eigenvalue weighted by atomic mass is 10.2. The van der Waals surface area contributed by atoms with Crippen LogP contribution in [0.4, 0.5) is 4.39 Å². The molecule has 1 aromatic carbocycles. The van der Waals surface area contributed by atoms with E-state index in [9.17, 15) is 22.4 Å². The maximum Gasteiger partial charge on any atom is 0.326 e. The van der Waals surface area contributed by atoms with Gasteiger partial charge in [0.2, 0.25) is 0 Å². The Bertz CT molecular complexity index is 1330. The topological polar surface area (TPSA) is 98.0 Å². The minimum atomic E-state index is -3.80. The summed E-state index contributed by atoms with van der Waals surface area (Å²) in [6.07, 6.45) is 0.890. The Kier molecular flexibility index (Phi) is 6.56. The summed E-state index contributed by atoms with van der Waals surface area (Å²) < 4.78 is 48.0. The molecule has 0 N–H and O–H groups in total. The van der Waals surface area contributed by atoms with Gasteiger partial charge in [-0.05, 0) is 49.4 Å². The number of esters is 1. The van der Waals surface area contributed by atoms with Crippen molar-refractivity contribution in [1.82, 2.24) is 8.87 Å². The zero-order chi connectivity index (χ0) is 22.9. The molecular formula is C20H20FN3O5S3. The third kappa shape index (κ3) is 4.40. The van der Waals surface area contributed by atoms with Crippen LogP contribution in [-0.2, 0) is 30.9 Å². The second-order valence-electron chi connectivity index (χ2n) is 7.04. The number of benzene rings is 1. The Morgan fingerprint density at radius 3 is 2.84 bits per heavy atom. The number of carbonyl (C=O) groups is 2. The van der Waals surface area contributed by atoms with Crippen LogP contribution in [0.2, 0.25) is 0 Å². The van der Waals surface area contributed by atoms with Gasteiger partial charge < -0.3 is 9.30 Å². The first-order valence-corrected chi connectivity index (χ1v) is 13.0. The van der Waals surface area contributed by atoms with Crippen LogP contribution in [0.15, 0.2) is 44.9 Å². The Morgan fingerprint density at radius 2 is 2.12 bits per heavy atom. The molecule has 2 aromatic heterocycles. The first-order valence-electron chi connectivity index (χ1n) is 9.89. The van der Waals surface area contributed by atoms with E-state index in [2.05, 4.69) is 4.99 Å². The van der Waals surface area contributed by atoms with Gasteiger partial charge in [-0.2, -0.15) is 9.30 Å². The molecular weight excluding hydrogens is 477 g/mol. The molecule has 3 heterocycles. The van der Waals surface area contributed by atoms with Gasteiger partial charge in [0, 0.05) is 6.54 Å². The van der Waals surface area contributed by atoms with Crippen LogP contribution < -0.4 is 4.80 Å². The maximum absolute atomic E-state index is 13.7. The van der Waals surface area contributed by atoms with Crippen LogP contribution in [0.1, 0.15) is 19.8 Å². The van der Waals surface area contributed by atoms with Crippen molar-refractivity contribution in [3.63, 3.8) is 0 Å². The van der Waals surface area contributed by atoms with Gasteiger partial charge in [0.05, 0.1) is 16.8 Å². The number of ether oxygens (including phenoxy) is 1. The molecule has 3 aromatic rings. The number of hydrogen-bond acceptors (Lipinski definition) is 7. The maximum atomic E-state index is 13.7. The average molecular weight is 498 g/mol. The first-order chi connectivity index (χ1) is 15.3. The van der Waals surface area contributed by atoms with Gasteiger partial charge >= 0.3 is 5.97 Å². The van der Waals surface area contributed by atoms with Crippen molar-refractivity contribution in [2.45, 2.75) is 36.6 Å². The highest BCUT2D eigenvalue weighted by molar-refractivity contribution is 7.91. The Balaban J connectivity index is 1.73. The van der Waals surface area contributed by atoms with E-state index < -0.39 is 33.8 Å². The van der Waals surface area contributed by atoms with Crippen LogP contribution in [0, 0.1) is 5.82 Å². The Hall–Kier alpha value is -2.41. The number of thiazole rings is 1. The van der Waals surface area contributed by atoms with Crippen molar-refractivity contribution in [2.24, 2.45) is 4.99 Å². The summed E-state index contributed by atoms with van der Waals surface area (Å²) >= 11 is 2.15. The summed E-state index contributed by atoms with van der Waals surface area (Å²) in [5, 5.41) is 1.67. The molecule has 0 saturated carbocycles. The van der Waals surface area contributed by atoms with E-state index in [0.29, 0.717) is 23.1 Å². The van der Waals surface area contributed by atoms with Gasteiger partial charge in [-0.1, -0.05) is 17.4 Å². The standard InChI is InChI=1S/C20H20FN3O5S3/c1-2-29-17(25)12-23-14-8-7-13(21)11-16(14)31-20(23)22-19(26)15-5-3-9-24(15)32(27,28)18-6-4-10-30-18/h4,6-8,10-11,15H,2-3,5,9,12H2,1H3. The number of thiophene rings is 1. The van der Waals surface area contributed by atoms with E-state index in [1.165, 1.54) is 33.1 Å². The molecule has 0 radical (unpaired) electrons. The highest BCUT2D eigenvalue weighted by Gasteiger charge is 2.40. The highest BCUT2D eigenvalue weighted by Crippen LogP contribution is 2.29. The molecule has 1 amide bonds. The van der Waals surface area contributed by atoms with E-state index in [1.807, 2.05) is 0 Å². The lowest BCUT2D eigenvalue weighted by molar-refractivity contribution is -0.143. The molecule has 1 aliphatic heterocycles. The summed E-state index contributed by atoms with van der Waals surface area (Å²) in [5.74, 6) is -1.59. The third-order valence-electron chi connectivity index (χ3n) is 4.99. The fourth-order valence-corrected chi connectivity index (χ4v) is 7.42. The van der Waals surface area contributed by atoms with E-state index in [-0.39, 0.29) is 28.7 Å². The van der Waals surface area contributed by atoms with Gasteiger partial charge in [-0.25, -0.2) is 12.8 Å². The lowest BCUT2D eigenvalue weighted by Crippen LogP contribution is -2.40. The van der Waals surface area contributed by atoms with E-state index >= 15 is 0 Å². The molecule has 4 rings (SSSR count). The van der Waals surface area contributed by atoms with Crippen molar-refractivity contribution in [3.05, 3.63) is 46.3 Å². The quantitative estimate of drug-likeness (QED) is 0.488. The van der Waals surface area contributed by atoms with Crippen LogP contribution in [0.25, 0.3) is 10.2 Å². The minimum Gasteiger partial charge on any atom is -0.465 e. The van der Waals surface area contributed by atoms with Crippen LogP contribution in [0.5, 0.6) is 0 Å². The predicted molar refractivity (Wildman–Crippen MR) is 118 cm³/mol. The summed E-state index contributed by atoms with van der Waals surface area (Å²) in [6.45, 7) is 1.90. The largest absolute Gasteiger partial charge is 0.465 e. The Labute approximate surface area is 191 Å². The predicted octanol–water partition coefficient (Wildman–Crippen LogP) is 2.75. The molecule has 0 bridgehead atoms. The third-order valence-corrected chi connectivity index (χ3v) is 9.31. The van der Waals surface area contributed by atoms with Gasteiger partial charge in [0.25, 0.3) is 15.9 Å². The van der Waals surface area contributed by atoms with E-state index in [4.69, 9.17) is 4.74 Å². The summed E-state index contributed by atoms with van der Waals surface area (Å²) in [4.78, 5) is 29.5. The molecule has 12 heteroatoms. The Morgan fingerprint density at radius 1 is 1.31 bits per heavy atom. The second kappa shape index (κ2) is 9.22. The number of halogens is 1. The summed E-state index contributed by atoms with van der Waals surface area (Å²) in [5.41, 5.74) is 0.533. The van der Waals surface area contributed by atoms with Crippen LogP contribution in [-0.4, -0.2) is 48.4 Å².